The zero-order valence-corrected chi connectivity index (χ0v) is 20.9. The lowest BCUT2D eigenvalue weighted by Gasteiger charge is -2.05. The van der Waals surface area contributed by atoms with Crippen molar-refractivity contribution in [3.8, 4) is 0 Å². The van der Waals surface area contributed by atoms with Gasteiger partial charge in [0.15, 0.2) is 0 Å². The molecule has 0 atom stereocenters. The van der Waals surface area contributed by atoms with Crippen molar-refractivity contribution in [2.24, 2.45) is 0 Å². The second-order valence-electron chi connectivity index (χ2n) is 9.72. The van der Waals surface area contributed by atoms with Crippen LogP contribution in [0.15, 0.2) is 12.4 Å². The maximum atomic E-state index is 3.36. The summed E-state index contributed by atoms with van der Waals surface area (Å²) < 4.78 is 0. The second-order valence-corrected chi connectivity index (χ2v) is 9.72. The van der Waals surface area contributed by atoms with Crippen molar-refractivity contribution in [2.45, 2.75) is 162 Å². The van der Waals surface area contributed by atoms with Gasteiger partial charge in [0.25, 0.3) is 0 Å². The number of nitrogens with one attached hydrogen (secondary N) is 1. The molecule has 0 aliphatic heterocycles. The van der Waals surface area contributed by atoms with Crippen LogP contribution >= 0.6 is 0 Å². The smallest absolute Gasteiger partial charge is 0.00401 e. The Kier molecular flexibility index (Phi) is 19.6. The van der Waals surface area contributed by atoms with Crippen LogP contribution in [0.3, 0.4) is 0 Å². The molecule has 1 N–H and O–H groups in total. The van der Waals surface area contributed by atoms with Crippen LogP contribution in [0.5, 0.6) is 0 Å². The zero-order chi connectivity index (χ0) is 21.5. The fourth-order valence-corrected chi connectivity index (χ4v) is 4.68. The first-order valence-corrected chi connectivity index (χ1v) is 14.0. The van der Waals surface area contributed by atoms with Gasteiger partial charge in [0.05, 0.1) is 0 Å². The summed E-state index contributed by atoms with van der Waals surface area (Å²) in [7, 11) is 0. The molecule has 176 valence electrons. The summed E-state index contributed by atoms with van der Waals surface area (Å²) in [5.41, 5.74) is 3.18. The van der Waals surface area contributed by atoms with Gasteiger partial charge in [-0.2, -0.15) is 0 Å². The van der Waals surface area contributed by atoms with E-state index >= 15 is 0 Å². The lowest BCUT2D eigenvalue weighted by Crippen LogP contribution is -1.92. The van der Waals surface area contributed by atoms with Crippen LogP contribution < -0.4 is 0 Å². The van der Waals surface area contributed by atoms with E-state index in [-0.39, 0.29) is 0 Å². The Hall–Kier alpha value is -0.720. The van der Waals surface area contributed by atoms with E-state index < -0.39 is 0 Å². The van der Waals surface area contributed by atoms with Gasteiger partial charge in [-0.1, -0.05) is 136 Å². The van der Waals surface area contributed by atoms with Gasteiger partial charge in [-0.3, -0.25) is 0 Å². The van der Waals surface area contributed by atoms with E-state index in [0.29, 0.717) is 0 Å². The minimum atomic E-state index is 1.28. The molecule has 1 aromatic rings. The highest BCUT2D eigenvalue weighted by Gasteiger charge is 2.04. The minimum Gasteiger partial charge on any atom is -0.367 e. The molecule has 0 bridgehead atoms. The number of aromatic amines is 1. The van der Waals surface area contributed by atoms with Gasteiger partial charge in [-0.15, -0.1) is 0 Å². The molecule has 1 heterocycles. The lowest BCUT2D eigenvalue weighted by molar-refractivity contribution is 0.529. The lowest BCUT2D eigenvalue weighted by atomic mass is 10.00. The number of aromatic nitrogens is 1. The van der Waals surface area contributed by atoms with Crippen molar-refractivity contribution in [2.75, 3.05) is 0 Å². The third kappa shape index (κ3) is 16.0. The topological polar surface area (TPSA) is 15.8 Å². The number of unbranched alkanes of at least 4 members (excludes halogenated alkanes) is 19. The van der Waals surface area contributed by atoms with Crippen LogP contribution in [0, 0.1) is 0 Å². The molecule has 0 fully saturated rings. The molecule has 1 heteroatoms. The monoisotopic (exact) mass is 417 g/mol. The van der Waals surface area contributed by atoms with Gasteiger partial charge in [-0.05, 0) is 36.8 Å². The fourth-order valence-electron chi connectivity index (χ4n) is 4.68. The van der Waals surface area contributed by atoms with Crippen molar-refractivity contribution in [3.63, 3.8) is 0 Å². The van der Waals surface area contributed by atoms with Crippen LogP contribution in [-0.2, 0) is 12.8 Å². The predicted octanol–water partition coefficient (Wildman–Crippen LogP) is 10.3. The van der Waals surface area contributed by atoms with Crippen LogP contribution in [-0.4, -0.2) is 4.98 Å². The number of aryl methyl sites for hydroxylation is 2. The highest BCUT2D eigenvalue weighted by Crippen LogP contribution is 2.17. The standard InChI is InChI=1S/C29H55N/c1-3-5-7-9-10-11-12-13-14-15-16-17-18-19-21-23-25-29-27-30-26-28(29)24-22-20-8-6-4-2/h26-27,30H,3-25H2,1-2H3. The second kappa shape index (κ2) is 21.5. The maximum absolute atomic E-state index is 3.36. The highest BCUT2D eigenvalue weighted by atomic mass is 14.6. The first-order valence-electron chi connectivity index (χ1n) is 14.0. The van der Waals surface area contributed by atoms with Crippen molar-refractivity contribution in [3.05, 3.63) is 23.5 Å². The normalized spacial score (nSPS) is 11.4. The van der Waals surface area contributed by atoms with Crippen molar-refractivity contribution in [1.29, 1.82) is 0 Å². The van der Waals surface area contributed by atoms with Crippen molar-refractivity contribution in [1.82, 2.24) is 4.98 Å². The summed E-state index contributed by atoms with van der Waals surface area (Å²) in [6, 6.07) is 0. The van der Waals surface area contributed by atoms with Crippen molar-refractivity contribution >= 4 is 0 Å². The molecule has 0 aliphatic carbocycles. The number of H-pyrrole nitrogens is 1. The molecule has 0 aliphatic rings. The molecule has 0 radical (unpaired) electrons. The quantitative estimate of drug-likeness (QED) is 0.170. The highest BCUT2D eigenvalue weighted by molar-refractivity contribution is 5.23. The fraction of sp³-hybridized carbons (Fsp3) is 0.862. The van der Waals surface area contributed by atoms with E-state index in [0.717, 1.165) is 0 Å². The van der Waals surface area contributed by atoms with Gasteiger partial charge in [-0.25, -0.2) is 0 Å². The Balaban J connectivity index is 1.84. The molecule has 0 spiro atoms. The minimum absolute atomic E-state index is 1.28. The Bertz CT molecular complexity index is 447. The van der Waals surface area contributed by atoms with Crippen LogP contribution in [0.1, 0.15) is 160 Å². The maximum Gasteiger partial charge on any atom is 0.00401 e. The van der Waals surface area contributed by atoms with Crippen LogP contribution in [0.25, 0.3) is 0 Å². The van der Waals surface area contributed by atoms with Crippen molar-refractivity contribution < 1.29 is 0 Å². The summed E-state index contributed by atoms with van der Waals surface area (Å²) in [6.07, 6.45) is 37.2. The summed E-state index contributed by atoms with van der Waals surface area (Å²) in [5.74, 6) is 0. The molecule has 0 unspecified atom stereocenters. The van der Waals surface area contributed by atoms with E-state index in [1.54, 1.807) is 11.1 Å². The van der Waals surface area contributed by atoms with Gasteiger partial charge in [0.1, 0.15) is 0 Å². The van der Waals surface area contributed by atoms with E-state index in [9.17, 15) is 0 Å². The molecule has 1 nitrogen and oxygen atoms in total. The van der Waals surface area contributed by atoms with Crippen LogP contribution in [0.4, 0.5) is 0 Å². The SMILES string of the molecule is CCCCCCCCCCCCCCCCCCc1c[nH]cc1CCCCCCC. The average molecular weight is 418 g/mol. The molecule has 30 heavy (non-hydrogen) atoms. The van der Waals surface area contributed by atoms with E-state index in [1.165, 1.54) is 148 Å². The summed E-state index contributed by atoms with van der Waals surface area (Å²) in [6.45, 7) is 4.60. The van der Waals surface area contributed by atoms with Gasteiger partial charge < -0.3 is 4.98 Å². The Morgan fingerprint density at radius 1 is 0.400 bits per heavy atom. The molecule has 0 amide bonds. The zero-order valence-electron chi connectivity index (χ0n) is 20.9. The average Bonchev–Trinajstić information content (AvgIpc) is 3.20. The van der Waals surface area contributed by atoms with Gasteiger partial charge in [0, 0.05) is 12.4 Å². The van der Waals surface area contributed by atoms with E-state index in [1.807, 2.05) is 0 Å². The van der Waals surface area contributed by atoms with Gasteiger partial charge in [0.2, 0.25) is 0 Å². The number of hydrogen-bond acceptors (Lipinski definition) is 0. The third-order valence-corrected chi connectivity index (χ3v) is 6.78. The summed E-state index contributed by atoms with van der Waals surface area (Å²) in [5, 5.41) is 0. The number of hydrogen-bond donors (Lipinski definition) is 1. The first-order chi connectivity index (χ1) is 14.9. The van der Waals surface area contributed by atoms with E-state index in [2.05, 4.69) is 31.2 Å². The number of rotatable bonds is 23. The summed E-state index contributed by atoms with van der Waals surface area (Å²) >= 11 is 0. The molecule has 0 saturated carbocycles. The van der Waals surface area contributed by atoms with Gasteiger partial charge >= 0.3 is 0 Å². The Morgan fingerprint density at radius 3 is 0.967 bits per heavy atom. The molecule has 1 aromatic heterocycles. The molecule has 1 rings (SSSR count). The largest absolute Gasteiger partial charge is 0.367 e. The van der Waals surface area contributed by atoms with Crippen LogP contribution in [0.2, 0.25) is 0 Å². The Labute approximate surface area is 190 Å². The third-order valence-electron chi connectivity index (χ3n) is 6.78. The Morgan fingerprint density at radius 2 is 0.667 bits per heavy atom. The molecule has 0 saturated heterocycles. The molecular weight excluding hydrogens is 362 g/mol. The summed E-state index contributed by atoms with van der Waals surface area (Å²) in [4.78, 5) is 3.36. The van der Waals surface area contributed by atoms with E-state index in [4.69, 9.17) is 0 Å². The molecule has 0 aromatic carbocycles. The predicted molar refractivity (Wildman–Crippen MR) is 137 cm³/mol. The molecular formula is C29H55N. The first kappa shape index (κ1) is 27.3.